The molecule has 1 amide bonds. The summed E-state index contributed by atoms with van der Waals surface area (Å²) in [5.41, 5.74) is 3.42. The third kappa shape index (κ3) is 4.90. The molecule has 0 bridgehead atoms. The molecule has 0 aliphatic carbocycles. The van der Waals surface area contributed by atoms with Gasteiger partial charge in [0.2, 0.25) is 11.1 Å². The summed E-state index contributed by atoms with van der Waals surface area (Å²) in [6.45, 7) is 2.71. The monoisotopic (exact) mass is 353 g/mol. The Morgan fingerprint density at radius 1 is 1.20 bits per heavy atom. The van der Waals surface area contributed by atoms with Crippen LogP contribution in [0, 0.1) is 6.92 Å². The van der Waals surface area contributed by atoms with Crippen molar-refractivity contribution in [3.8, 4) is 11.4 Å². The molecular formula is C18H19N5OS. The van der Waals surface area contributed by atoms with Gasteiger partial charge in [-0.15, -0.1) is 5.10 Å². The predicted octanol–water partition coefficient (Wildman–Crippen LogP) is 2.63. The van der Waals surface area contributed by atoms with Gasteiger partial charge in [0.05, 0.1) is 5.75 Å². The summed E-state index contributed by atoms with van der Waals surface area (Å²) >= 11 is 1.31. The molecule has 1 aromatic carbocycles. The van der Waals surface area contributed by atoms with Gasteiger partial charge in [-0.2, -0.15) is 0 Å². The summed E-state index contributed by atoms with van der Waals surface area (Å²) in [4.78, 5) is 20.3. The maximum absolute atomic E-state index is 12.0. The van der Waals surface area contributed by atoms with Crippen LogP contribution in [-0.2, 0) is 11.2 Å². The molecule has 0 aliphatic rings. The predicted molar refractivity (Wildman–Crippen MR) is 98.2 cm³/mol. The summed E-state index contributed by atoms with van der Waals surface area (Å²) in [5.74, 6) is 0.945. The Bertz CT molecular complexity index is 834. The second-order valence-electron chi connectivity index (χ2n) is 5.52. The number of amides is 1. The Morgan fingerprint density at radius 2 is 2.00 bits per heavy atom. The molecule has 2 heterocycles. The minimum atomic E-state index is -0.0196. The molecule has 0 spiro atoms. The number of aromatic amines is 1. The van der Waals surface area contributed by atoms with E-state index in [2.05, 4.69) is 44.5 Å². The number of pyridine rings is 1. The third-order valence-electron chi connectivity index (χ3n) is 3.73. The normalized spacial score (nSPS) is 10.6. The van der Waals surface area contributed by atoms with Gasteiger partial charge in [0.25, 0.3) is 0 Å². The highest BCUT2D eigenvalue weighted by Crippen LogP contribution is 2.18. The van der Waals surface area contributed by atoms with E-state index in [1.54, 1.807) is 12.4 Å². The van der Waals surface area contributed by atoms with E-state index in [0.717, 1.165) is 12.0 Å². The minimum Gasteiger partial charge on any atom is -0.355 e. The van der Waals surface area contributed by atoms with Gasteiger partial charge >= 0.3 is 0 Å². The molecule has 2 aromatic heterocycles. The molecule has 2 N–H and O–H groups in total. The van der Waals surface area contributed by atoms with E-state index >= 15 is 0 Å². The van der Waals surface area contributed by atoms with Crippen molar-refractivity contribution in [3.63, 3.8) is 0 Å². The molecule has 0 saturated heterocycles. The zero-order valence-electron chi connectivity index (χ0n) is 13.9. The van der Waals surface area contributed by atoms with Crippen LogP contribution in [0.1, 0.15) is 11.1 Å². The first-order valence-corrected chi connectivity index (χ1v) is 8.98. The lowest BCUT2D eigenvalue weighted by Crippen LogP contribution is -2.27. The van der Waals surface area contributed by atoms with Gasteiger partial charge in [0, 0.05) is 24.5 Å². The van der Waals surface area contributed by atoms with Crippen molar-refractivity contribution in [2.45, 2.75) is 18.5 Å². The van der Waals surface area contributed by atoms with E-state index in [4.69, 9.17) is 0 Å². The quantitative estimate of drug-likeness (QED) is 0.638. The highest BCUT2D eigenvalue weighted by atomic mass is 32.2. The first kappa shape index (κ1) is 17.2. The highest BCUT2D eigenvalue weighted by molar-refractivity contribution is 7.99. The van der Waals surface area contributed by atoms with Crippen LogP contribution in [0.2, 0.25) is 0 Å². The van der Waals surface area contributed by atoms with E-state index in [1.807, 2.05) is 24.3 Å². The number of aromatic nitrogens is 4. The minimum absolute atomic E-state index is 0.0196. The number of carbonyl (C=O) groups is 1. The Hall–Kier alpha value is -2.67. The summed E-state index contributed by atoms with van der Waals surface area (Å²) < 4.78 is 0. The van der Waals surface area contributed by atoms with Gasteiger partial charge < -0.3 is 5.32 Å². The first-order chi connectivity index (χ1) is 12.2. The molecular weight excluding hydrogens is 334 g/mol. The SMILES string of the molecule is Cc1ccccc1CCNC(=O)CSc1n[nH]c(-c2ccncc2)n1. The molecule has 6 nitrogen and oxygen atoms in total. The zero-order valence-corrected chi connectivity index (χ0v) is 14.7. The summed E-state index contributed by atoms with van der Waals surface area (Å²) in [6, 6.07) is 11.9. The van der Waals surface area contributed by atoms with Crippen molar-refractivity contribution in [1.82, 2.24) is 25.5 Å². The lowest BCUT2D eigenvalue weighted by molar-refractivity contribution is -0.118. The van der Waals surface area contributed by atoms with E-state index in [0.29, 0.717) is 23.3 Å². The van der Waals surface area contributed by atoms with Crippen molar-refractivity contribution in [2.75, 3.05) is 12.3 Å². The first-order valence-electron chi connectivity index (χ1n) is 7.99. The van der Waals surface area contributed by atoms with Crippen molar-refractivity contribution < 1.29 is 4.79 Å². The Kier molecular flexibility index (Phi) is 5.79. The molecule has 0 radical (unpaired) electrons. The molecule has 0 unspecified atom stereocenters. The number of benzene rings is 1. The topological polar surface area (TPSA) is 83.6 Å². The van der Waals surface area contributed by atoms with Crippen LogP contribution in [0.5, 0.6) is 0 Å². The maximum atomic E-state index is 12.0. The van der Waals surface area contributed by atoms with Crippen LogP contribution in [0.3, 0.4) is 0 Å². The smallest absolute Gasteiger partial charge is 0.230 e. The largest absolute Gasteiger partial charge is 0.355 e. The lowest BCUT2D eigenvalue weighted by atomic mass is 10.1. The van der Waals surface area contributed by atoms with E-state index < -0.39 is 0 Å². The molecule has 0 aliphatic heterocycles. The molecule has 0 saturated carbocycles. The fourth-order valence-corrected chi connectivity index (χ4v) is 2.99. The van der Waals surface area contributed by atoms with Gasteiger partial charge in [-0.3, -0.25) is 14.9 Å². The number of nitrogens with zero attached hydrogens (tertiary/aromatic N) is 3. The highest BCUT2D eigenvalue weighted by Gasteiger charge is 2.09. The molecule has 128 valence electrons. The molecule has 3 aromatic rings. The Balaban J connectivity index is 1.44. The number of hydrogen-bond acceptors (Lipinski definition) is 5. The maximum Gasteiger partial charge on any atom is 0.230 e. The fourth-order valence-electron chi connectivity index (χ4n) is 2.36. The van der Waals surface area contributed by atoms with Gasteiger partial charge in [-0.1, -0.05) is 36.0 Å². The summed E-state index contributed by atoms with van der Waals surface area (Å²) in [6.07, 6.45) is 4.23. The van der Waals surface area contributed by atoms with Gasteiger partial charge in [-0.25, -0.2) is 4.98 Å². The number of carbonyl (C=O) groups excluding carboxylic acids is 1. The van der Waals surface area contributed by atoms with Gasteiger partial charge in [0.15, 0.2) is 5.82 Å². The Morgan fingerprint density at radius 3 is 2.80 bits per heavy atom. The molecule has 0 atom stereocenters. The van der Waals surface area contributed by atoms with Crippen molar-refractivity contribution in [2.24, 2.45) is 0 Å². The number of thioether (sulfide) groups is 1. The summed E-state index contributed by atoms with van der Waals surface area (Å²) in [7, 11) is 0. The number of hydrogen-bond donors (Lipinski definition) is 2. The standard InChI is InChI=1S/C18H19N5OS/c1-13-4-2-3-5-14(13)8-11-20-16(24)12-25-18-21-17(22-23-18)15-6-9-19-10-7-15/h2-7,9-10H,8,11-12H2,1H3,(H,20,24)(H,21,22,23). The number of H-pyrrole nitrogens is 1. The van der Waals surface area contributed by atoms with Crippen molar-refractivity contribution in [1.29, 1.82) is 0 Å². The molecule has 3 rings (SSSR count). The third-order valence-corrected chi connectivity index (χ3v) is 4.58. The Labute approximate surface area is 150 Å². The second-order valence-corrected chi connectivity index (χ2v) is 6.46. The van der Waals surface area contributed by atoms with E-state index in [1.165, 1.54) is 22.9 Å². The van der Waals surface area contributed by atoms with Crippen LogP contribution in [0.25, 0.3) is 11.4 Å². The molecule has 7 heteroatoms. The number of aryl methyl sites for hydroxylation is 1. The fraction of sp³-hybridized carbons (Fsp3) is 0.222. The van der Waals surface area contributed by atoms with E-state index in [-0.39, 0.29) is 5.91 Å². The van der Waals surface area contributed by atoms with Gasteiger partial charge in [0.1, 0.15) is 0 Å². The average Bonchev–Trinajstić information content (AvgIpc) is 3.11. The zero-order chi connectivity index (χ0) is 17.5. The van der Waals surface area contributed by atoms with Crippen molar-refractivity contribution in [3.05, 3.63) is 59.9 Å². The van der Waals surface area contributed by atoms with Crippen LogP contribution in [-0.4, -0.2) is 38.4 Å². The van der Waals surface area contributed by atoms with Crippen LogP contribution in [0.4, 0.5) is 0 Å². The second kappa shape index (κ2) is 8.43. The van der Waals surface area contributed by atoms with E-state index in [9.17, 15) is 4.79 Å². The van der Waals surface area contributed by atoms with Crippen LogP contribution >= 0.6 is 11.8 Å². The number of rotatable bonds is 7. The van der Waals surface area contributed by atoms with Crippen LogP contribution < -0.4 is 5.32 Å². The molecule has 0 fully saturated rings. The number of nitrogens with one attached hydrogen (secondary N) is 2. The molecule has 25 heavy (non-hydrogen) atoms. The average molecular weight is 353 g/mol. The van der Waals surface area contributed by atoms with Crippen LogP contribution in [0.15, 0.2) is 53.9 Å². The summed E-state index contributed by atoms with van der Waals surface area (Å²) in [5, 5.41) is 10.5. The lowest BCUT2D eigenvalue weighted by Gasteiger charge is -2.06. The van der Waals surface area contributed by atoms with Gasteiger partial charge in [-0.05, 0) is 36.6 Å². The van der Waals surface area contributed by atoms with Crippen molar-refractivity contribution >= 4 is 17.7 Å².